The van der Waals surface area contributed by atoms with Gasteiger partial charge in [0.1, 0.15) is 23.1 Å². The molecule has 0 saturated carbocycles. The number of ether oxygens (including phenoxy) is 3. The van der Waals surface area contributed by atoms with Crippen LogP contribution >= 0.6 is 0 Å². The number of hydrogen-bond acceptors (Lipinski definition) is 7. The fourth-order valence-electron chi connectivity index (χ4n) is 3.74. The van der Waals surface area contributed by atoms with Gasteiger partial charge in [-0.1, -0.05) is 20.8 Å². The van der Waals surface area contributed by atoms with Crippen LogP contribution in [-0.4, -0.2) is 69.5 Å². The summed E-state index contributed by atoms with van der Waals surface area (Å²) in [6, 6.07) is 4.26. The lowest BCUT2D eigenvalue weighted by Crippen LogP contribution is -2.70. The van der Waals surface area contributed by atoms with E-state index < -0.39 is 26.1 Å². The van der Waals surface area contributed by atoms with Gasteiger partial charge in [0.15, 0.2) is 14.1 Å². The molecule has 2 atom stereocenters. The van der Waals surface area contributed by atoms with E-state index in [0.717, 1.165) is 5.56 Å². The molecular weight excluding hydrogens is 492 g/mol. The molecular formula is C27H44N2O7Si. The summed E-state index contributed by atoms with van der Waals surface area (Å²) in [5.74, 6) is 0.970. The zero-order valence-electron chi connectivity index (χ0n) is 24.0. The van der Waals surface area contributed by atoms with Crippen molar-refractivity contribution < 1.29 is 33.0 Å². The van der Waals surface area contributed by atoms with Crippen molar-refractivity contribution in [3.63, 3.8) is 0 Å². The summed E-state index contributed by atoms with van der Waals surface area (Å²) in [5.41, 5.74) is 0.101. The van der Waals surface area contributed by atoms with Crippen molar-refractivity contribution in [2.45, 2.75) is 96.7 Å². The Hall–Kier alpha value is -2.59. The molecule has 0 spiro atoms. The van der Waals surface area contributed by atoms with Gasteiger partial charge in [-0.2, -0.15) is 0 Å². The Balaban J connectivity index is 2.14. The third kappa shape index (κ3) is 8.20. The molecule has 9 nitrogen and oxygen atoms in total. The van der Waals surface area contributed by atoms with Gasteiger partial charge < -0.3 is 28.9 Å². The number of carbonyl (C=O) groups excluding carboxylic acids is 3. The molecule has 208 valence electrons. The van der Waals surface area contributed by atoms with Crippen molar-refractivity contribution in [3.05, 3.63) is 23.8 Å². The maximum atomic E-state index is 13.1. The Kier molecular flexibility index (Phi) is 9.81. The number of ketones is 1. The van der Waals surface area contributed by atoms with Crippen LogP contribution in [0.25, 0.3) is 0 Å². The average Bonchev–Trinajstić information content (AvgIpc) is 2.79. The Bertz CT molecular complexity index is 982. The number of methoxy groups -OCH3 is 2. The van der Waals surface area contributed by atoms with Gasteiger partial charge in [0.25, 0.3) is 0 Å². The number of alkyl carbamates (subject to hydrolysis) is 1. The van der Waals surface area contributed by atoms with Gasteiger partial charge in [-0.25, -0.2) is 4.79 Å². The van der Waals surface area contributed by atoms with Crippen LogP contribution in [0.1, 0.15) is 59.9 Å². The van der Waals surface area contributed by atoms with E-state index in [-0.39, 0.29) is 42.3 Å². The Morgan fingerprint density at radius 2 is 1.70 bits per heavy atom. The number of hydrogen-bond donors (Lipinski definition) is 1. The molecule has 1 saturated heterocycles. The van der Waals surface area contributed by atoms with E-state index in [1.807, 2.05) is 6.07 Å². The van der Waals surface area contributed by atoms with Gasteiger partial charge in [-0.05, 0) is 57.5 Å². The number of amides is 2. The summed E-state index contributed by atoms with van der Waals surface area (Å²) in [6.45, 7) is 16.2. The molecule has 0 aliphatic carbocycles. The van der Waals surface area contributed by atoms with Crippen LogP contribution in [0.2, 0.25) is 18.1 Å². The number of likely N-dealkylation sites (tertiary alicyclic amines) is 1. The SMILES string of the molecule is COc1ccc(CN2C(=O)[C@@H](NC(=O)OC(C)(C)C)[C@H]2CCC(=O)CO[Si](C)(C)C(C)(C)C)c(OC)c1. The minimum absolute atomic E-state index is 0.00429. The number of nitrogens with zero attached hydrogens (tertiary/aromatic N) is 1. The number of nitrogens with one attached hydrogen (secondary N) is 1. The fraction of sp³-hybridized carbons (Fsp3) is 0.667. The summed E-state index contributed by atoms with van der Waals surface area (Å²) in [7, 11) is 1.08. The first-order chi connectivity index (χ1) is 17.0. The predicted octanol–water partition coefficient (Wildman–Crippen LogP) is 4.68. The van der Waals surface area contributed by atoms with Crippen molar-refractivity contribution in [1.29, 1.82) is 0 Å². The zero-order valence-corrected chi connectivity index (χ0v) is 25.0. The van der Waals surface area contributed by atoms with Gasteiger partial charge >= 0.3 is 6.09 Å². The first kappa shape index (κ1) is 30.6. The van der Waals surface area contributed by atoms with Gasteiger partial charge in [0.2, 0.25) is 5.91 Å². The van der Waals surface area contributed by atoms with Gasteiger partial charge in [0, 0.05) is 24.6 Å². The van der Waals surface area contributed by atoms with Gasteiger partial charge in [0.05, 0.1) is 26.9 Å². The highest BCUT2D eigenvalue weighted by Crippen LogP contribution is 2.37. The van der Waals surface area contributed by atoms with E-state index in [2.05, 4.69) is 39.2 Å². The highest BCUT2D eigenvalue weighted by Gasteiger charge is 2.48. The molecule has 2 amide bonds. The van der Waals surface area contributed by atoms with E-state index in [4.69, 9.17) is 18.6 Å². The molecule has 1 N–H and O–H groups in total. The molecule has 1 aliphatic rings. The molecule has 0 radical (unpaired) electrons. The summed E-state index contributed by atoms with van der Waals surface area (Å²) in [4.78, 5) is 39.9. The molecule has 1 aliphatic heterocycles. The van der Waals surface area contributed by atoms with Crippen LogP contribution in [0.4, 0.5) is 4.79 Å². The second-order valence-corrected chi connectivity index (χ2v) is 16.8. The molecule has 0 aromatic heterocycles. The highest BCUT2D eigenvalue weighted by molar-refractivity contribution is 6.74. The van der Waals surface area contributed by atoms with Crippen LogP contribution in [0, 0.1) is 0 Å². The van der Waals surface area contributed by atoms with Crippen LogP contribution in [0.15, 0.2) is 18.2 Å². The summed E-state index contributed by atoms with van der Waals surface area (Å²) < 4.78 is 22.2. The third-order valence-electron chi connectivity index (χ3n) is 6.96. The second kappa shape index (κ2) is 11.9. The Morgan fingerprint density at radius 1 is 1.05 bits per heavy atom. The third-order valence-corrected chi connectivity index (χ3v) is 11.4. The highest BCUT2D eigenvalue weighted by atomic mass is 28.4. The van der Waals surface area contributed by atoms with Crippen molar-refractivity contribution in [1.82, 2.24) is 10.2 Å². The lowest BCUT2D eigenvalue weighted by molar-refractivity contribution is -0.153. The molecule has 37 heavy (non-hydrogen) atoms. The lowest BCUT2D eigenvalue weighted by atomic mass is 9.89. The van der Waals surface area contributed by atoms with Crippen molar-refractivity contribution in [2.24, 2.45) is 0 Å². The molecule has 10 heteroatoms. The van der Waals surface area contributed by atoms with Crippen LogP contribution in [0.3, 0.4) is 0 Å². The van der Waals surface area contributed by atoms with E-state index >= 15 is 0 Å². The van der Waals surface area contributed by atoms with E-state index in [0.29, 0.717) is 17.9 Å². The number of benzene rings is 1. The van der Waals surface area contributed by atoms with Crippen LogP contribution < -0.4 is 14.8 Å². The van der Waals surface area contributed by atoms with Crippen LogP contribution in [-0.2, 0) is 25.3 Å². The van der Waals surface area contributed by atoms with Crippen molar-refractivity contribution in [3.8, 4) is 11.5 Å². The summed E-state index contributed by atoms with van der Waals surface area (Å²) in [6.07, 6.45) is -0.0372. The number of rotatable bonds is 11. The van der Waals surface area contributed by atoms with E-state index in [9.17, 15) is 14.4 Å². The predicted molar refractivity (Wildman–Crippen MR) is 144 cm³/mol. The second-order valence-electron chi connectivity index (χ2n) is 12.0. The lowest BCUT2D eigenvalue weighted by Gasteiger charge is -2.47. The van der Waals surface area contributed by atoms with Gasteiger partial charge in [-0.15, -0.1) is 0 Å². The molecule has 2 rings (SSSR count). The van der Waals surface area contributed by atoms with E-state index in [1.54, 1.807) is 52.0 Å². The Morgan fingerprint density at radius 3 is 2.24 bits per heavy atom. The Labute approximate surface area is 222 Å². The fourth-order valence-corrected chi connectivity index (χ4v) is 4.69. The minimum Gasteiger partial charge on any atom is -0.497 e. The molecule has 0 unspecified atom stereocenters. The molecule has 1 aromatic carbocycles. The average molecular weight is 537 g/mol. The number of Topliss-reactive ketones (excluding diaryl/α,β-unsaturated/α-hetero) is 1. The van der Waals surface area contributed by atoms with Crippen molar-refractivity contribution >= 4 is 26.1 Å². The van der Waals surface area contributed by atoms with Crippen molar-refractivity contribution in [2.75, 3.05) is 20.8 Å². The number of carbonyl (C=O) groups is 3. The topological polar surface area (TPSA) is 103 Å². The number of β-lactam (4-membered cyclic amide) rings is 1. The molecule has 1 fully saturated rings. The first-order valence-electron chi connectivity index (χ1n) is 12.7. The normalized spacial score (nSPS) is 18.2. The van der Waals surface area contributed by atoms with Crippen LogP contribution in [0.5, 0.6) is 11.5 Å². The molecule has 1 heterocycles. The maximum Gasteiger partial charge on any atom is 0.408 e. The largest absolute Gasteiger partial charge is 0.497 e. The quantitative estimate of drug-likeness (QED) is 0.324. The standard InChI is InChI=1S/C27H44N2O7Si/c1-26(2,3)36-25(32)28-23-21(14-12-19(30)17-35-37(9,10)27(4,5)6)29(24(23)31)16-18-11-13-20(33-7)15-22(18)34-8/h11,13,15,21,23H,12,14,16-17H2,1-10H3,(H,28,32)/t21-,23+/m1/s1. The molecule has 0 bridgehead atoms. The van der Waals surface area contributed by atoms with E-state index in [1.165, 1.54) is 0 Å². The first-order valence-corrected chi connectivity index (χ1v) is 15.6. The monoisotopic (exact) mass is 536 g/mol. The smallest absolute Gasteiger partial charge is 0.408 e. The summed E-state index contributed by atoms with van der Waals surface area (Å²) >= 11 is 0. The maximum absolute atomic E-state index is 13.1. The molecule has 1 aromatic rings. The van der Waals surface area contributed by atoms with Gasteiger partial charge in [-0.3, -0.25) is 9.59 Å². The zero-order chi connectivity index (χ0) is 28.2. The summed E-state index contributed by atoms with van der Waals surface area (Å²) in [5, 5.41) is 2.70. The minimum atomic E-state index is -2.05.